The van der Waals surface area contributed by atoms with Crippen LogP contribution in [0.1, 0.15) is 25.7 Å². The normalized spacial score (nSPS) is 17.6. The molecule has 0 aromatic carbocycles. The number of likely N-dealkylation sites (tertiary alicyclic amines) is 1. The molecule has 0 aliphatic carbocycles. The van der Waals surface area contributed by atoms with Crippen LogP contribution in [0, 0.1) is 0 Å². The summed E-state index contributed by atoms with van der Waals surface area (Å²) in [6.07, 6.45) is 9.08. The minimum Gasteiger partial charge on any atom is -0.381 e. The summed E-state index contributed by atoms with van der Waals surface area (Å²) in [7, 11) is 3.97. The SMILES string of the molecule is CN(C)c1ccc(N[C@@H]2CCCN(C(=O)CCn3cccn3)CC2)cn1. The van der Waals surface area contributed by atoms with Crippen LogP contribution < -0.4 is 10.2 Å². The Kier molecular flexibility index (Phi) is 6.09. The molecule has 3 heterocycles. The minimum absolute atomic E-state index is 0.221. The molecule has 2 aromatic heterocycles. The van der Waals surface area contributed by atoms with Gasteiger partial charge in [-0.25, -0.2) is 4.98 Å². The average Bonchev–Trinajstić information content (AvgIpc) is 3.05. The van der Waals surface area contributed by atoms with Gasteiger partial charge in [-0.15, -0.1) is 0 Å². The summed E-state index contributed by atoms with van der Waals surface area (Å²) in [6.45, 7) is 2.29. The molecule has 7 heteroatoms. The highest BCUT2D eigenvalue weighted by Crippen LogP contribution is 2.18. The van der Waals surface area contributed by atoms with Crippen molar-refractivity contribution in [1.82, 2.24) is 19.7 Å². The topological polar surface area (TPSA) is 66.3 Å². The van der Waals surface area contributed by atoms with Crippen LogP contribution in [0.5, 0.6) is 0 Å². The van der Waals surface area contributed by atoms with E-state index in [1.165, 1.54) is 0 Å². The summed E-state index contributed by atoms with van der Waals surface area (Å²) in [6, 6.07) is 6.35. The molecule has 0 spiro atoms. The van der Waals surface area contributed by atoms with Gasteiger partial charge in [0.1, 0.15) is 5.82 Å². The number of carbonyl (C=O) groups is 1. The Bertz CT molecular complexity index is 683. The molecule has 2 aromatic rings. The van der Waals surface area contributed by atoms with Gasteiger partial charge in [0.25, 0.3) is 0 Å². The van der Waals surface area contributed by atoms with E-state index in [4.69, 9.17) is 0 Å². The zero-order valence-electron chi connectivity index (χ0n) is 15.6. The molecule has 1 saturated heterocycles. The standard InChI is InChI=1S/C19H28N6O/c1-23(2)18-7-6-17(15-20-18)22-16-5-3-11-24(13-8-16)19(26)9-14-25-12-4-10-21-25/h4,6-7,10,12,15-16,22H,3,5,8-9,11,13-14H2,1-2H3/t16-/m1/s1. The smallest absolute Gasteiger partial charge is 0.224 e. The molecule has 1 N–H and O–H groups in total. The number of rotatable bonds is 6. The first-order valence-electron chi connectivity index (χ1n) is 9.27. The van der Waals surface area contributed by atoms with Gasteiger partial charge in [0.2, 0.25) is 5.91 Å². The van der Waals surface area contributed by atoms with Crippen LogP contribution in [0.3, 0.4) is 0 Å². The van der Waals surface area contributed by atoms with Crippen molar-refractivity contribution in [3.8, 4) is 0 Å². The Labute approximate surface area is 155 Å². The predicted octanol–water partition coefficient (Wildman–Crippen LogP) is 2.23. The largest absolute Gasteiger partial charge is 0.381 e. The quantitative estimate of drug-likeness (QED) is 0.860. The highest BCUT2D eigenvalue weighted by molar-refractivity contribution is 5.76. The molecule has 7 nitrogen and oxygen atoms in total. The lowest BCUT2D eigenvalue weighted by Crippen LogP contribution is -2.33. The van der Waals surface area contributed by atoms with Crippen molar-refractivity contribution in [2.45, 2.75) is 38.3 Å². The summed E-state index contributed by atoms with van der Waals surface area (Å²) in [5, 5.41) is 7.72. The van der Waals surface area contributed by atoms with Crippen LogP contribution in [0.2, 0.25) is 0 Å². The van der Waals surface area contributed by atoms with Crippen molar-refractivity contribution in [3.63, 3.8) is 0 Å². The van der Waals surface area contributed by atoms with Gasteiger partial charge in [-0.3, -0.25) is 9.48 Å². The monoisotopic (exact) mass is 356 g/mol. The first-order valence-corrected chi connectivity index (χ1v) is 9.27. The highest BCUT2D eigenvalue weighted by atomic mass is 16.2. The fourth-order valence-electron chi connectivity index (χ4n) is 3.26. The predicted molar refractivity (Wildman–Crippen MR) is 103 cm³/mol. The molecule has 0 saturated carbocycles. The van der Waals surface area contributed by atoms with Gasteiger partial charge in [0, 0.05) is 58.6 Å². The molecule has 1 aliphatic rings. The Morgan fingerprint density at radius 2 is 2.19 bits per heavy atom. The molecule has 140 valence electrons. The lowest BCUT2D eigenvalue weighted by Gasteiger charge is -2.21. The maximum atomic E-state index is 12.5. The second-order valence-corrected chi connectivity index (χ2v) is 6.97. The first kappa shape index (κ1) is 18.2. The number of anilines is 2. The molecular formula is C19H28N6O. The number of pyridine rings is 1. The number of hydrogen-bond acceptors (Lipinski definition) is 5. The summed E-state index contributed by atoms with van der Waals surface area (Å²) in [5.74, 6) is 1.17. The number of hydrogen-bond donors (Lipinski definition) is 1. The number of aryl methyl sites for hydroxylation is 1. The first-order chi connectivity index (χ1) is 12.6. The molecule has 0 radical (unpaired) electrons. The number of nitrogens with one attached hydrogen (secondary N) is 1. The Morgan fingerprint density at radius 1 is 1.31 bits per heavy atom. The second-order valence-electron chi connectivity index (χ2n) is 6.97. The lowest BCUT2D eigenvalue weighted by atomic mass is 10.1. The lowest BCUT2D eigenvalue weighted by molar-refractivity contribution is -0.131. The molecule has 1 amide bonds. The van der Waals surface area contributed by atoms with E-state index in [1.807, 2.05) is 53.1 Å². The van der Waals surface area contributed by atoms with Crippen LogP contribution >= 0.6 is 0 Å². The van der Waals surface area contributed by atoms with Crippen molar-refractivity contribution >= 4 is 17.4 Å². The summed E-state index contributed by atoms with van der Waals surface area (Å²) in [5.41, 5.74) is 1.04. The van der Waals surface area contributed by atoms with Gasteiger partial charge >= 0.3 is 0 Å². The zero-order valence-corrected chi connectivity index (χ0v) is 15.6. The maximum Gasteiger partial charge on any atom is 0.224 e. The fraction of sp³-hybridized carbons (Fsp3) is 0.526. The van der Waals surface area contributed by atoms with Crippen molar-refractivity contribution in [2.75, 3.05) is 37.4 Å². The fourth-order valence-corrected chi connectivity index (χ4v) is 3.26. The summed E-state index contributed by atoms with van der Waals surface area (Å²) in [4.78, 5) is 20.9. The third-order valence-electron chi connectivity index (χ3n) is 4.77. The number of carbonyl (C=O) groups excluding carboxylic acids is 1. The maximum absolute atomic E-state index is 12.5. The number of nitrogens with zero attached hydrogens (tertiary/aromatic N) is 5. The van der Waals surface area contributed by atoms with Crippen molar-refractivity contribution in [2.24, 2.45) is 0 Å². The third kappa shape index (κ3) is 4.97. The molecule has 26 heavy (non-hydrogen) atoms. The van der Waals surface area contributed by atoms with Gasteiger partial charge < -0.3 is 15.1 Å². The van der Waals surface area contributed by atoms with E-state index in [0.29, 0.717) is 19.0 Å². The van der Waals surface area contributed by atoms with Gasteiger partial charge in [-0.05, 0) is 37.5 Å². The Hall–Kier alpha value is -2.57. The van der Waals surface area contributed by atoms with E-state index in [9.17, 15) is 4.79 Å². The summed E-state index contributed by atoms with van der Waals surface area (Å²) >= 11 is 0. The van der Waals surface area contributed by atoms with Crippen molar-refractivity contribution in [3.05, 3.63) is 36.8 Å². The van der Waals surface area contributed by atoms with Crippen LogP contribution in [-0.2, 0) is 11.3 Å². The van der Waals surface area contributed by atoms with Gasteiger partial charge in [0.15, 0.2) is 0 Å². The van der Waals surface area contributed by atoms with E-state index < -0.39 is 0 Å². The van der Waals surface area contributed by atoms with Crippen LogP contribution in [0.4, 0.5) is 11.5 Å². The van der Waals surface area contributed by atoms with Gasteiger partial charge in [-0.2, -0.15) is 5.10 Å². The van der Waals surface area contributed by atoms with Crippen LogP contribution in [-0.4, -0.2) is 58.8 Å². The number of amides is 1. The molecule has 1 fully saturated rings. The van der Waals surface area contributed by atoms with E-state index in [0.717, 1.165) is 43.9 Å². The van der Waals surface area contributed by atoms with Crippen LogP contribution in [0.15, 0.2) is 36.8 Å². The van der Waals surface area contributed by atoms with E-state index in [2.05, 4.69) is 21.5 Å². The van der Waals surface area contributed by atoms with Crippen LogP contribution in [0.25, 0.3) is 0 Å². The molecule has 0 unspecified atom stereocenters. The number of aromatic nitrogens is 3. The zero-order chi connectivity index (χ0) is 18.4. The van der Waals surface area contributed by atoms with E-state index in [-0.39, 0.29) is 5.91 Å². The average molecular weight is 356 g/mol. The summed E-state index contributed by atoms with van der Waals surface area (Å²) < 4.78 is 1.81. The molecule has 3 rings (SSSR count). The van der Waals surface area contributed by atoms with Gasteiger partial charge in [-0.1, -0.05) is 0 Å². The Balaban J connectivity index is 1.47. The van der Waals surface area contributed by atoms with Crippen molar-refractivity contribution in [1.29, 1.82) is 0 Å². The molecule has 1 aliphatic heterocycles. The Morgan fingerprint density at radius 3 is 2.88 bits per heavy atom. The molecule has 0 bridgehead atoms. The minimum atomic E-state index is 0.221. The van der Waals surface area contributed by atoms with Gasteiger partial charge in [0.05, 0.1) is 11.9 Å². The third-order valence-corrected chi connectivity index (χ3v) is 4.77. The van der Waals surface area contributed by atoms with Crippen molar-refractivity contribution < 1.29 is 4.79 Å². The second kappa shape index (κ2) is 8.69. The molecule has 1 atom stereocenters. The van der Waals surface area contributed by atoms with E-state index in [1.54, 1.807) is 6.20 Å². The van der Waals surface area contributed by atoms with E-state index >= 15 is 0 Å². The highest BCUT2D eigenvalue weighted by Gasteiger charge is 2.20. The molecular weight excluding hydrogens is 328 g/mol.